The molecule has 0 saturated heterocycles. The van der Waals surface area contributed by atoms with Crippen LogP contribution in [-0.2, 0) is 0 Å². The fraction of sp³-hybridized carbons (Fsp3) is 0.300. The second-order valence-corrected chi connectivity index (χ2v) is 5.86. The summed E-state index contributed by atoms with van der Waals surface area (Å²) in [6, 6.07) is 4.95. The Labute approximate surface area is 117 Å². The molecule has 0 aliphatic rings. The SMILES string of the molecule is O=C(C[C@@H](O)C(Cl)(Cl)Cl)c1ccc([N+](=O)[O-])cc1. The number of nitro benzene ring substituents is 1. The van der Waals surface area contributed by atoms with Gasteiger partial charge in [-0.15, -0.1) is 0 Å². The average molecular weight is 313 g/mol. The van der Waals surface area contributed by atoms with Gasteiger partial charge in [0.05, 0.1) is 4.92 Å². The minimum absolute atomic E-state index is 0.131. The van der Waals surface area contributed by atoms with E-state index in [-0.39, 0.29) is 17.7 Å². The Morgan fingerprint density at radius 3 is 2.22 bits per heavy atom. The normalized spacial score (nSPS) is 13.1. The Morgan fingerprint density at radius 2 is 1.83 bits per heavy atom. The van der Waals surface area contributed by atoms with Crippen molar-refractivity contribution in [3.63, 3.8) is 0 Å². The molecule has 0 amide bonds. The fourth-order valence-electron chi connectivity index (χ4n) is 1.18. The third-order valence-electron chi connectivity index (χ3n) is 2.16. The number of benzene rings is 1. The van der Waals surface area contributed by atoms with E-state index in [1.165, 1.54) is 24.3 Å². The Kier molecular flexibility index (Phi) is 4.92. The van der Waals surface area contributed by atoms with Gasteiger partial charge in [0.15, 0.2) is 5.78 Å². The first kappa shape index (κ1) is 15.2. The Hall–Kier alpha value is -0.880. The lowest BCUT2D eigenvalue weighted by molar-refractivity contribution is -0.384. The molecule has 0 unspecified atom stereocenters. The number of hydrogen-bond acceptors (Lipinski definition) is 4. The lowest BCUT2D eigenvalue weighted by Gasteiger charge is -2.17. The third kappa shape index (κ3) is 4.10. The summed E-state index contributed by atoms with van der Waals surface area (Å²) in [7, 11) is 0. The number of carbonyl (C=O) groups is 1. The molecule has 0 heterocycles. The van der Waals surface area contributed by atoms with Crippen LogP contribution in [0, 0.1) is 10.1 Å². The number of halogens is 3. The van der Waals surface area contributed by atoms with Gasteiger partial charge in [-0.1, -0.05) is 34.8 Å². The van der Waals surface area contributed by atoms with Gasteiger partial charge < -0.3 is 5.11 Å². The Morgan fingerprint density at radius 1 is 1.33 bits per heavy atom. The van der Waals surface area contributed by atoms with E-state index in [9.17, 15) is 20.0 Å². The number of hydrogen-bond donors (Lipinski definition) is 1. The molecule has 18 heavy (non-hydrogen) atoms. The van der Waals surface area contributed by atoms with Gasteiger partial charge in [0.25, 0.3) is 5.69 Å². The monoisotopic (exact) mass is 311 g/mol. The lowest BCUT2D eigenvalue weighted by Crippen LogP contribution is -2.28. The third-order valence-corrected chi connectivity index (χ3v) is 2.91. The minimum atomic E-state index is -1.95. The quantitative estimate of drug-likeness (QED) is 0.401. The number of nitrogens with zero attached hydrogens (tertiary/aromatic N) is 1. The number of non-ortho nitro benzene ring substituents is 1. The van der Waals surface area contributed by atoms with Gasteiger partial charge in [-0.3, -0.25) is 14.9 Å². The summed E-state index contributed by atoms with van der Waals surface area (Å²) in [4.78, 5) is 21.5. The molecule has 1 aromatic rings. The van der Waals surface area contributed by atoms with Crippen LogP contribution in [0.3, 0.4) is 0 Å². The van der Waals surface area contributed by atoms with Gasteiger partial charge in [-0.05, 0) is 12.1 Å². The maximum Gasteiger partial charge on any atom is 0.269 e. The van der Waals surface area contributed by atoms with Crippen LogP contribution in [0.5, 0.6) is 0 Å². The highest BCUT2D eigenvalue weighted by atomic mass is 35.6. The van der Waals surface area contributed by atoms with E-state index in [0.29, 0.717) is 0 Å². The molecule has 5 nitrogen and oxygen atoms in total. The van der Waals surface area contributed by atoms with E-state index in [1.54, 1.807) is 0 Å². The smallest absolute Gasteiger partial charge is 0.269 e. The van der Waals surface area contributed by atoms with E-state index in [2.05, 4.69) is 0 Å². The molecule has 0 aliphatic heterocycles. The van der Waals surface area contributed by atoms with Crippen molar-refractivity contribution in [1.82, 2.24) is 0 Å². The molecule has 0 fully saturated rings. The lowest BCUT2D eigenvalue weighted by atomic mass is 10.1. The van der Waals surface area contributed by atoms with Crippen LogP contribution >= 0.6 is 34.8 Å². The van der Waals surface area contributed by atoms with Crippen LogP contribution in [0.2, 0.25) is 0 Å². The van der Waals surface area contributed by atoms with Crippen molar-refractivity contribution >= 4 is 46.3 Å². The van der Waals surface area contributed by atoms with Gasteiger partial charge in [0.2, 0.25) is 3.79 Å². The summed E-state index contributed by atoms with van der Waals surface area (Å²) in [6.07, 6.45) is -1.82. The maximum atomic E-state index is 11.7. The van der Waals surface area contributed by atoms with Crippen LogP contribution < -0.4 is 0 Å². The van der Waals surface area contributed by atoms with Crippen LogP contribution in [0.15, 0.2) is 24.3 Å². The second kappa shape index (κ2) is 5.84. The van der Waals surface area contributed by atoms with E-state index in [0.717, 1.165) is 0 Å². The van der Waals surface area contributed by atoms with Crippen LogP contribution in [-0.4, -0.2) is 25.7 Å². The summed E-state index contributed by atoms with van der Waals surface area (Å²) >= 11 is 16.3. The summed E-state index contributed by atoms with van der Waals surface area (Å²) in [6.45, 7) is 0. The van der Waals surface area contributed by atoms with Gasteiger partial charge in [-0.25, -0.2) is 0 Å². The molecule has 1 rings (SSSR count). The molecule has 98 valence electrons. The number of rotatable bonds is 4. The second-order valence-electron chi connectivity index (χ2n) is 3.49. The van der Waals surface area contributed by atoms with Crippen LogP contribution in [0.4, 0.5) is 5.69 Å². The van der Waals surface area contributed by atoms with Gasteiger partial charge in [-0.2, -0.15) is 0 Å². The Bertz CT molecular complexity index is 455. The first-order valence-corrected chi connectivity index (χ1v) is 5.87. The zero-order chi connectivity index (χ0) is 13.9. The summed E-state index contributed by atoms with van der Waals surface area (Å²) in [5.74, 6) is -0.469. The van der Waals surface area contributed by atoms with E-state index in [1.807, 2.05) is 0 Å². The van der Waals surface area contributed by atoms with Crippen molar-refractivity contribution in [2.24, 2.45) is 0 Å². The fourth-order valence-corrected chi connectivity index (χ4v) is 1.41. The number of Topliss-reactive ketones (excluding diaryl/α,β-unsaturated/α-hetero) is 1. The highest BCUT2D eigenvalue weighted by Crippen LogP contribution is 2.32. The van der Waals surface area contributed by atoms with Gasteiger partial charge in [0.1, 0.15) is 6.10 Å². The summed E-state index contributed by atoms with van der Waals surface area (Å²) in [5.41, 5.74) is 0.0716. The number of aliphatic hydroxyl groups is 1. The van der Waals surface area contributed by atoms with Crippen molar-refractivity contribution in [2.75, 3.05) is 0 Å². The molecule has 1 atom stereocenters. The molecule has 0 aromatic heterocycles. The molecule has 1 N–H and O–H groups in total. The molecule has 0 radical (unpaired) electrons. The minimum Gasteiger partial charge on any atom is -0.388 e. The topological polar surface area (TPSA) is 80.4 Å². The molecule has 0 saturated carbocycles. The summed E-state index contributed by atoms with van der Waals surface area (Å²) < 4.78 is -1.95. The zero-order valence-electron chi connectivity index (χ0n) is 8.85. The van der Waals surface area contributed by atoms with Crippen molar-refractivity contribution < 1.29 is 14.8 Å². The molecule has 0 spiro atoms. The van der Waals surface area contributed by atoms with Crippen molar-refractivity contribution in [3.8, 4) is 0 Å². The van der Waals surface area contributed by atoms with Crippen molar-refractivity contribution in [3.05, 3.63) is 39.9 Å². The van der Waals surface area contributed by atoms with E-state index < -0.39 is 20.6 Å². The van der Waals surface area contributed by atoms with E-state index >= 15 is 0 Å². The number of aliphatic hydroxyl groups excluding tert-OH is 1. The van der Waals surface area contributed by atoms with Crippen molar-refractivity contribution in [2.45, 2.75) is 16.3 Å². The molecule has 0 aliphatic carbocycles. The number of nitro groups is 1. The largest absolute Gasteiger partial charge is 0.388 e. The highest BCUT2D eigenvalue weighted by Gasteiger charge is 2.32. The maximum absolute atomic E-state index is 11.7. The number of alkyl halides is 3. The van der Waals surface area contributed by atoms with Crippen LogP contribution in [0.1, 0.15) is 16.8 Å². The molecular weight excluding hydrogens is 304 g/mol. The molecule has 0 bridgehead atoms. The van der Waals surface area contributed by atoms with Crippen molar-refractivity contribution in [1.29, 1.82) is 0 Å². The van der Waals surface area contributed by atoms with Crippen LogP contribution in [0.25, 0.3) is 0 Å². The summed E-state index contributed by atoms with van der Waals surface area (Å²) in [5, 5.41) is 19.9. The first-order valence-electron chi connectivity index (χ1n) is 4.74. The number of carbonyl (C=O) groups excluding carboxylic acids is 1. The Balaban J connectivity index is 2.76. The molecule has 1 aromatic carbocycles. The zero-order valence-corrected chi connectivity index (χ0v) is 11.1. The molecular formula is C10H8Cl3NO4. The predicted molar refractivity (Wildman–Crippen MR) is 68.3 cm³/mol. The van der Waals surface area contributed by atoms with Gasteiger partial charge >= 0.3 is 0 Å². The van der Waals surface area contributed by atoms with Gasteiger partial charge in [0, 0.05) is 24.1 Å². The average Bonchev–Trinajstić information content (AvgIpc) is 2.27. The first-order chi connectivity index (χ1) is 8.21. The predicted octanol–water partition coefficient (Wildman–Crippen LogP) is 2.90. The van der Waals surface area contributed by atoms with E-state index in [4.69, 9.17) is 34.8 Å². The standard InChI is InChI=1S/C10H8Cl3NO4/c11-10(12,13)9(16)5-8(15)6-1-3-7(4-2-6)14(17)18/h1-4,9,16H,5H2/t9-/m1/s1. The highest BCUT2D eigenvalue weighted by molar-refractivity contribution is 6.68. The molecule has 8 heteroatoms. The number of ketones is 1.